The van der Waals surface area contributed by atoms with Gasteiger partial charge in [-0.05, 0) is 6.92 Å². The number of rotatable bonds is 12. The largest absolute Gasteiger partial charge is 0.461 e. The first-order valence-corrected chi connectivity index (χ1v) is 7.90. The highest BCUT2D eigenvalue weighted by Gasteiger charge is 2.21. The van der Waals surface area contributed by atoms with Gasteiger partial charge in [-0.2, -0.15) is 0 Å². The van der Waals surface area contributed by atoms with Crippen molar-refractivity contribution in [2.24, 2.45) is 0 Å². The lowest BCUT2D eigenvalue weighted by Gasteiger charge is -2.18. The molecule has 0 aromatic rings. The van der Waals surface area contributed by atoms with E-state index in [-0.39, 0.29) is 36.6 Å². The van der Waals surface area contributed by atoms with Gasteiger partial charge in [0.2, 0.25) is 0 Å². The second-order valence-electron chi connectivity index (χ2n) is 5.31. The van der Waals surface area contributed by atoms with Gasteiger partial charge in [0.25, 0.3) is 0 Å². The van der Waals surface area contributed by atoms with Crippen molar-refractivity contribution >= 4 is 29.5 Å². The van der Waals surface area contributed by atoms with Gasteiger partial charge in [0.15, 0.2) is 6.10 Å². The molecule has 0 spiro atoms. The first-order chi connectivity index (χ1) is 11.7. The highest BCUT2D eigenvalue weighted by molar-refractivity contribution is 5.96. The smallest absolute Gasteiger partial charge is 0.333 e. The molecule has 0 aromatic carbocycles. The van der Waals surface area contributed by atoms with Crippen LogP contribution in [0.4, 0.5) is 0 Å². The summed E-state index contributed by atoms with van der Waals surface area (Å²) in [5, 5.41) is 0. The Balaban J connectivity index is 4.65. The molecule has 8 heteroatoms. The van der Waals surface area contributed by atoms with E-state index in [0.717, 1.165) is 0 Å². The third-order valence-corrected chi connectivity index (χ3v) is 2.95. The molecule has 0 radical (unpaired) electrons. The maximum absolute atomic E-state index is 11.7. The summed E-state index contributed by atoms with van der Waals surface area (Å²) in [7, 11) is 0. The number of carbonyl (C=O) groups is 5. The molecule has 0 saturated heterocycles. The summed E-state index contributed by atoms with van der Waals surface area (Å²) in [4.78, 5) is 57.0. The Bertz CT molecular complexity index is 535. The SMILES string of the molecule is C=C(C)C(=O)OCC(COC(=O)CC(=O)CC)OC(=O)CC(=O)CC. The van der Waals surface area contributed by atoms with Crippen molar-refractivity contribution in [2.75, 3.05) is 13.2 Å². The van der Waals surface area contributed by atoms with Crippen molar-refractivity contribution in [2.45, 2.75) is 52.6 Å². The van der Waals surface area contributed by atoms with E-state index in [1.54, 1.807) is 13.8 Å². The molecule has 25 heavy (non-hydrogen) atoms. The molecule has 0 fully saturated rings. The number of esters is 3. The van der Waals surface area contributed by atoms with E-state index in [2.05, 4.69) is 6.58 Å². The Kier molecular flexibility index (Phi) is 10.7. The average molecular weight is 356 g/mol. The topological polar surface area (TPSA) is 113 Å². The second-order valence-corrected chi connectivity index (χ2v) is 5.31. The number of hydrogen-bond donors (Lipinski definition) is 0. The van der Waals surface area contributed by atoms with E-state index < -0.39 is 43.5 Å². The van der Waals surface area contributed by atoms with Gasteiger partial charge in [0.1, 0.15) is 37.6 Å². The van der Waals surface area contributed by atoms with Crippen LogP contribution in [0, 0.1) is 0 Å². The maximum atomic E-state index is 11.7. The molecule has 1 unspecified atom stereocenters. The fourth-order valence-corrected chi connectivity index (χ4v) is 1.44. The van der Waals surface area contributed by atoms with E-state index in [4.69, 9.17) is 14.2 Å². The fraction of sp³-hybridized carbons (Fsp3) is 0.588. The van der Waals surface area contributed by atoms with E-state index in [0.29, 0.717) is 0 Å². The molecular formula is C17H24O8. The highest BCUT2D eigenvalue weighted by Crippen LogP contribution is 2.04. The fourth-order valence-electron chi connectivity index (χ4n) is 1.44. The van der Waals surface area contributed by atoms with Gasteiger partial charge >= 0.3 is 17.9 Å². The first kappa shape index (κ1) is 22.5. The first-order valence-electron chi connectivity index (χ1n) is 7.90. The summed E-state index contributed by atoms with van der Waals surface area (Å²) in [6.45, 7) is 7.31. The summed E-state index contributed by atoms with van der Waals surface area (Å²) in [6.07, 6.45) is -1.52. The molecule has 0 N–H and O–H groups in total. The Morgan fingerprint density at radius 3 is 1.80 bits per heavy atom. The molecule has 0 bridgehead atoms. The summed E-state index contributed by atoms with van der Waals surface area (Å²) in [5.41, 5.74) is 0.150. The van der Waals surface area contributed by atoms with Crippen LogP contribution in [-0.2, 0) is 38.2 Å². The molecule has 0 rings (SSSR count). The number of carbonyl (C=O) groups excluding carboxylic acids is 5. The summed E-state index contributed by atoms with van der Waals surface area (Å²) >= 11 is 0. The highest BCUT2D eigenvalue weighted by atomic mass is 16.6. The second kappa shape index (κ2) is 11.9. The van der Waals surface area contributed by atoms with Gasteiger partial charge in [-0.3, -0.25) is 19.2 Å². The van der Waals surface area contributed by atoms with Crippen LogP contribution in [0.15, 0.2) is 12.2 Å². The van der Waals surface area contributed by atoms with E-state index >= 15 is 0 Å². The Morgan fingerprint density at radius 1 is 0.840 bits per heavy atom. The molecule has 0 heterocycles. The van der Waals surface area contributed by atoms with Crippen molar-refractivity contribution in [3.05, 3.63) is 12.2 Å². The minimum Gasteiger partial charge on any atom is -0.461 e. The molecule has 0 aromatic heterocycles. The van der Waals surface area contributed by atoms with E-state index in [9.17, 15) is 24.0 Å². The van der Waals surface area contributed by atoms with E-state index in [1.807, 2.05) is 0 Å². The predicted octanol–water partition coefficient (Wildman–Crippen LogP) is 1.30. The zero-order valence-electron chi connectivity index (χ0n) is 14.8. The van der Waals surface area contributed by atoms with Crippen molar-refractivity contribution in [1.29, 1.82) is 0 Å². The van der Waals surface area contributed by atoms with Gasteiger partial charge in [-0.15, -0.1) is 0 Å². The van der Waals surface area contributed by atoms with Crippen molar-refractivity contribution < 1.29 is 38.2 Å². The maximum Gasteiger partial charge on any atom is 0.333 e. The van der Waals surface area contributed by atoms with Gasteiger partial charge in [0, 0.05) is 18.4 Å². The lowest BCUT2D eigenvalue weighted by molar-refractivity contribution is -0.166. The molecule has 0 aliphatic carbocycles. The third-order valence-electron chi connectivity index (χ3n) is 2.95. The lowest BCUT2D eigenvalue weighted by Crippen LogP contribution is -2.31. The zero-order chi connectivity index (χ0) is 19.4. The van der Waals surface area contributed by atoms with Crippen molar-refractivity contribution in [1.82, 2.24) is 0 Å². The van der Waals surface area contributed by atoms with Crippen LogP contribution in [0.2, 0.25) is 0 Å². The minimum absolute atomic E-state index is 0.150. The lowest BCUT2D eigenvalue weighted by atomic mass is 10.2. The van der Waals surface area contributed by atoms with Gasteiger partial charge in [-0.25, -0.2) is 4.79 Å². The molecule has 0 aliphatic heterocycles. The Labute approximate surface area is 146 Å². The molecule has 8 nitrogen and oxygen atoms in total. The van der Waals surface area contributed by atoms with Crippen LogP contribution in [0.3, 0.4) is 0 Å². The molecule has 0 amide bonds. The monoisotopic (exact) mass is 356 g/mol. The normalized spacial score (nSPS) is 11.2. The van der Waals surface area contributed by atoms with Gasteiger partial charge < -0.3 is 14.2 Å². The molecular weight excluding hydrogens is 332 g/mol. The summed E-state index contributed by atoms with van der Waals surface area (Å²) < 4.78 is 14.7. The van der Waals surface area contributed by atoms with Crippen LogP contribution in [0.5, 0.6) is 0 Å². The van der Waals surface area contributed by atoms with Crippen LogP contribution < -0.4 is 0 Å². The van der Waals surface area contributed by atoms with Crippen LogP contribution >= 0.6 is 0 Å². The van der Waals surface area contributed by atoms with Crippen molar-refractivity contribution in [3.8, 4) is 0 Å². The molecule has 1 atom stereocenters. The molecule has 0 aliphatic rings. The van der Waals surface area contributed by atoms with Crippen molar-refractivity contribution in [3.63, 3.8) is 0 Å². The number of hydrogen-bond acceptors (Lipinski definition) is 8. The predicted molar refractivity (Wildman–Crippen MR) is 86.4 cm³/mol. The summed E-state index contributed by atoms with van der Waals surface area (Å²) in [5.74, 6) is -2.89. The minimum atomic E-state index is -1.08. The van der Waals surface area contributed by atoms with Crippen LogP contribution in [0.1, 0.15) is 46.5 Å². The zero-order valence-corrected chi connectivity index (χ0v) is 14.8. The van der Waals surface area contributed by atoms with Gasteiger partial charge in [-0.1, -0.05) is 20.4 Å². The standard InChI is InChI=1S/C17H24O8/c1-5-12(18)7-15(20)23-9-14(10-24-17(22)11(3)4)25-16(21)8-13(19)6-2/h14H,3,5-10H2,1-2,4H3. The average Bonchev–Trinajstić information content (AvgIpc) is 2.56. The number of ether oxygens (including phenoxy) is 3. The molecule has 0 saturated carbocycles. The van der Waals surface area contributed by atoms with Gasteiger partial charge in [0.05, 0.1) is 0 Å². The summed E-state index contributed by atoms with van der Waals surface area (Å²) in [6, 6.07) is 0. The Morgan fingerprint density at radius 2 is 1.32 bits per heavy atom. The quantitative estimate of drug-likeness (QED) is 0.222. The van der Waals surface area contributed by atoms with Crippen LogP contribution in [-0.4, -0.2) is 48.8 Å². The third kappa shape index (κ3) is 10.8. The van der Waals surface area contributed by atoms with E-state index in [1.165, 1.54) is 6.92 Å². The number of ketones is 2. The molecule has 140 valence electrons. The number of Topliss-reactive ketones (excluding diaryl/α,β-unsaturated/α-hetero) is 2. The van der Waals surface area contributed by atoms with Crippen LogP contribution in [0.25, 0.3) is 0 Å². The Hall–Kier alpha value is -2.51.